The molecule has 0 atom stereocenters. The number of carbonyl (C=O) groups excluding carboxylic acids is 2. The third-order valence-electron chi connectivity index (χ3n) is 4.14. The minimum Gasteiger partial charge on any atom is -0.484 e. The van der Waals surface area contributed by atoms with Crippen LogP contribution in [0.2, 0.25) is 5.02 Å². The first kappa shape index (κ1) is 22.1. The third kappa shape index (κ3) is 6.97. The molecular weight excluding hydrogens is 416 g/mol. The van der Waals surface area contributed by atoms with Gasteiger partial charge in [0.2, 0.25) is 0 Å². The van der Waals surface area contributed by atoms with E-state index in [1.54, 1.807) is 48.5 Å². The van der Waals surface area contributed by atoms with Gasteiger partial charge in [0.25, 0.3) is 5.91 Å². The summed E-state index contributed by atoms with van der Waals surface area (Å²) in [4.78, 5) is 24.0. The Morgan fingerprint density at radius 1 is 0.935 bits per heavy atom. The van der Waals surface area contributed by atoms with Crippen LogP contribution in [0.5, 0.6) is 11.5 Å². The number of hydrazone groups is 1. The summed E-state index contributed by atoms with van der Waals surface area (Å²) in [5.41, 5.74) is 5.67. The molecular formula is C24H21ClN2O4. The number of rotatable bonds is 7. The lowest BCUT2D eigenvalue weighted by atomic mass is 10.1. The molecule has 3 aromatic rings. The Morgan fingerprint density at radius 2 is 1.58 bits per heavy atom. The first-order valence-electron chi connectivity index (χ1n) is 9.50. The van der Waals surface area contributed by atoms with Crippen molar-refractivity contribution < 1.29 is 19.1 Å². The molecule has 0 radical (unpaired) electrons. The first-order chi connectivity index (χ1) is 14.9. The zero-order valence-corrected chi connectivity index (χ0v) is 17.8. The molecule has 3 aromatic carbocycles. The Bertz CT molecular complexity index is 1070. The summed E-state index contributed by atoms with van der Waals surface area (Å²) < 4.78 is 10.8. The quantitative estimate of drug-likeness (QED) is 0.252. The van der Waals surface area contributed by atoms with Gasteiger partial charge in [0.1, 0.15) is 11.5 Å². The molecule has 1 amide bonds. The normalized spacial score (nSPS) is 10.7. The summed E-state index contributed by atoms with van der Waals surface area (Å²) in [5, 5.41) is 4.46. The molecule has 3 rings (SSSR count). The number of nitrogens with zero attached hydrogens (tertiary/aromatic N) is 1. The van der Waals surface area contributed by atoms with Gasteiger partial charge in [-0.1, -0.05) is 17.7 Å². The number of benzene rings is 3. The van der Waals surface area contributed by atoms with Crippen molar-refractivity contribution in [1.82, 2.24) is 5.43 Å². The number of amides is 1. The van der Waals surface area contributed by atoms with E-state index in [-0.39, 0.29) is 12.5 Å². The Balaban J connectivity index is 1.47. The van der Waals surface area contributed by atoms with Crippen molar-refractivity contribution in [3.05, 3.63) is 94.0 Å². The number of ether oxygens (including phenoxy) is 2. The molecule has 1 N–H and O–H groups in total. The molecule has 0 aliphatic heterocycles. The summed E-state index contributed by atoms with van der Waals surface area (Å²) in [6, 6.07) is 18.9. The largest absolute Gasteiger partial charge is 0.484 e. The van der Waals surface area contributed by atoms with E-state index in [0.717, 1.165) is 16.7 Å². The van der Waals surface area contributed by atoms with Crippen molar-refractivity contribution in [3.8, 4) is 11.5 Å². The Kier molecular flexibility index (Phi) is 7.40. The van der Waals surface area contributed by atoms with Gasteiger partial charge in [-0.05, 0) is 91.2 Å². The monoisotopic (exact) mass is 436 g/mol. The predicted molar refractivity (Wildman–Crippen MR) is 120 cm³/mol. The maximum atomic E-state index is 12.1. The molecule has 0 aliphatic carbocycles. The molecule has 158 valence electrons. The van der Waals surface area contributed by atoms with Crippen molar-refractivity contribution >= 4 is 29.7 Å². The van der Waals surface area contributed by atoms with Gasteiger partial charge < -0.3 is 9.47 Å². The maximum absolute atomic E-state index is 12.1. The van der Waals surface area contributed by atoms with Crippen LogP contribution in [0.15, 0.2) is 71.8 Å². The topological polar surface area (TPSA) is 77.0 Å². The van der Waals surface area contributed by atoms with Crippen molar-refractivity contribution in [2.24, 2.45) is 5.10 Å². The maximum Gasteiger partial charge on any atom is 0.343 e. The fourth-order valence-corrected chi connectivity index (χ4v) is 2.88. The van der Waals surface area contributed by atoms with Crippen LogP contribution in [-0.2, 0) is 4.79 Å². The molecule has 0 aliphatic rings. The number of aryl methyl sites for hydroxylation is 2. The van der Waals surface area contributed by atoms with Crippen molar-refractivity contribution in [3.63, 3.8) is 0 Å². The van der Waals surface area contributed by atoms with Crippen LogP contribution >= 0.6 is 11.6 Å². The molecule has 0 saturated heterocycles. The van der Waals surface area contributed by atoms with Crippen LogP contribution < -0.4 is 14.9 Å². The second kappa shape index (κ2) is 10.4. The zero-order chi connectivity index (χ0) is 22.2. The molecule has 0 bridgehead atoms. The summed E-state index contributed by atoms with van der Waals surface area (Å²) in [5.74, 6) is 0.182. The average Bonchev–Trinajstić information content (AvgIpc) is 2.73. The number of hydrogen-bond donors (Lipinski definition) is 1. The van der Waals surface area contributed by atoms with Crippen molar-refractivity contribution in [2.75, 3.05) is 6.61 Å². The molecule has 0 spiro atoms. The molecule has 6 nitrogen and oxygen atoms in total. The summed E-state index contributed by atoms with van der Waals surface area (Å²) in [6.07, 6.45) is 1.49. The highest BCUT2D eigenvalue weighted by Crippen LogP contribution is 2.16. The first-order valence-corrected chi connectivity index (χ1v) is 9.88. The Hall–Kier alpha value is -3.64. The lowest BCUT2D eigenvalue weighted by Crippen LogP contribution is -2.24. The fourth-order valence-electron chi connectivity index (χ4n) is 2.75. The van der Waals surface area contributed by atoms with Crippen LogP contribution in [0.25, 0.3) is 0 Å². The van der Waals surface area contributed by atoms with Gasteiger partial charge in [-0.25, -0.2) is 10.2 Å². The van der Waals surface area contributed by atoms with Gasteiger partial charge in [-0.2, -0.15) is 5.10 Å². The van der Waals surface area contributed by atoms with Crippen LogP contribution in [0, 0.1) is 13.8 Å². The number of halogens is 1. The lowest BCUT2D eigenvalue weighted by Gasteiger charge is -2.07. The predicted octanol–water partition coefficient (Wildman–Crippen LogP) is 4.71. The fraction of sp³-hybridized carbons (Fsp3) is 0.125. The molecule has 0 heterocycles. The zero-order valence-electron chi connectivity index (χ0n) is 17.1. The highest BCUT2D eigenvalue weighted by atomic mass is 35.5. The van der Waals surface area contributed by atoms with Gasteiger partial charge in [0, 0.05) is 5.02 Å². The summed E-state index contributed by atoms with van der Waals surface area (Å²) >= 11 is 5.81. The van der Waals surface area contributed by atoms with Gasteiger partial charge in [-0.15, -0.1) is 0 Å². The van der Waals surface area contributed by atoms with Crippen LogP contribution in [0.1, 0.15) is 27.0 Å². The molecule has 31 heavy (non-hydrogen) atoms. The van der Waals surface area contributed by atoms with Crippen LogP contribution in [0.4, 0.5) is 0 Å². The second-order valence-electron chi connectivity index (χ2n) is 6.87. The summed E-state index contributed by atoms with van der Waals surface area (Å²) in [7, 11) is 0. The number of nitrogens with one attached hydrogen (secondary N) is 1. The third-order valence-corrected chi connectivity index (χ3v) is 4.39. The molecule has 7 heteroatoms. The smallest absolute Gasteiger partial charge is 0.343 e. The van der Waals surface area contributed by atoms with Crippen LogP contribution in [0.3, 0.4) is 0 Å². The van der Waals surface area contributed by atoms with Gasteiger partial charge in [0.15, 0.2) is 6.61 Å². The average molecular weight is 437 g/mol. The molecule has 0 saturated carbocycles. The lowest BCUT2D eigenvalue weighted by molar-refractivity contribution is -0.123. The van der Waals surface area contributed by atoms with E-state index < -0.39 is 5.97 Å². The van der Waals surface area contributed by atoms with Crippen molar-refractivity contribution in [1.29, 1.82) is 0 Å². The Labute approximate surface area is 185 Å². The van der Waals surface area contributed by atoms with Crippen LogP contribution in [-0.4, -0.2) is 24.7 Å². The standard InChI is InChI=1S/C24H21ClN2O4/c1-16-11-17(2)13-22(12-16)30-15-23(28)27-26-14-18-3-9-21(10-4-18)31-24(29)19-5-7-20(25)8-6-19/h3-14H,15H2,1-2H3,(H,27,28)/b26-14+. The van der Waals surface area contributed by atoms with E-state index in [1.165, 1.54) is 6.21 Å². The van der Waals surface area contributed by atoms with E-state index >= 15 is 0 Å². The number of hydrogen-bond acceptors (Lipinski definition) is 5. The van der Waals surface area contributed by atoms with E-state index in [9.17, 15) is 9.59 Å². The SMILES string of the molecule is Cc1cc(C)cc(OCC(=O)N/N=C/c2ccc(OC(=O)c3ccc(Cl)cc3)cc2)c1. The molecule has 0 aromatic heterocycles. The summed E-state index contributed by atoms with van der Waals surface area (Å²) in [6.45, 7) is 3.79. The van der Waals surface area contributed by atoms with E-state index in [0.29, 0.717) is 22.1 Å². The van der Waals surface area contributed by atoms with Gasteiger partial charge >= 0.3 is 5.97 Å². The van der Waals surface area contributed by atoms with Crippen molar-refractivity contribution in [2.45, 2.75) is 13.8 Å². The van der Waals surface area contributed by atoms with E-state index in [4.69, 9.17) is 21.1 Å². The highest BCUT2D eigenvalue weighted by Gasteiger charge is 2.08. The van der Waals surface area contributed by atoms with E-state index in [2.05, 4.69) is 10.5 Å². The molecule has 0 unspecified atom stereocenters. The minimum absolute atomic E-state index is 0.139. The van der Waals surface area contributed by atoms with Gasteiger partial charge in [-0.3, -0.25) is 4.79 Å². The van der Waals surface area contributed by atoms with E-state index in [1.807, 2.05) is 32.0 Å². The Morgan fingerprint density at radius 3 is 2.23 bits per heavy atom. The highest BCUT2D eigenvalue weighted by molar-refractivity contribution is 6.30. The van der Waals surface area contributed by atoms with Gasteiger partial charge in [0.05, 0.1) is 11.8 Å². The number of esters is 1. The second-order valence-corrected chi connectivity index (χ2v) is 7.31. The number of carbonyl (C=O) groups is 2. The molecule has 0 fully saturated rings. The minimum atomic E-state index is -0.478.